The highest BCUT2D eigenvalue weighted by Gasteiger charge is 2.20. The van der Waals surface area contributed by atoms with Gasteiger partial charge in [0.1, 0.15) is 12.1 Å². The lowest BCUT2D eigenvalue weighted by atomic mass is 10.1. The van der Waals surface area contributed by atoms with E-state index in [1.54, 1.807) is 75.4 Å². The lowest BCUT2D eigenvalue weighted by Crippen LogP contribution is -2.30. The molecule has 0 spiro atoms. The topological polar surface area (TPSA) is 116 Å². The third kappa shape index (κ3) is 5.36. The van der Waals surface area contributed by atoms with E-state index >= 15 is 0 Å². The van der Waals surface area contributed by atoms with Crippen LogP contribution in [0.2, 0.25) is 5.02 Å². The molecule has 1 amide bonds. The number of aryl methyl sites for hydroxylation is 2. The van der Waals surface area contributed by atoms with Crippen LogP contribution in [0.25, 0.3) is 22.8 Å². The Hall–Kier alpha value is -4.24. The molecular weight excluding hydrogens is 484 g/mol. The van der Waals surface area contributed by atoms with E-state index in [2.05, 4.69) is 15.5 Å². The van der Waals surface area contributed by atoms with Crippen LogP contribution in [-0.4, -0.2) is 33.2 Å². The number of nitrogens with one attached hydrogen (secondary N) is 1. The van der Waals surface area contributed by atoms with Gasteiger partial charge in [0.15, 0.2) is 0 Å². The molecule has 10 heteroatoms. The summed E-state index contributed by atoms with van der Waals surface area (Å²) in [6.07, 6.45) is 0. The van der Waals surface area contributed by atoms with Crippen molar-refractivity contribution in [2.45, 2.75) is 27.3 Å². The van der Waals surface area contributed by atoms with Gasteiger partial charge in [-0.15, -0.1) is 0 Å². The molecule has 184 valence electrons. The number of anilines is 1. The molecule has 1 N–H and O–H groups in total. The van der Waals surface area contributed by atoms with Crippen molar-refractivity contribution in [1.29, 1.82) is 0 Å². The maximum Gasteiger partial charge on any atom is 0.338 e. The highest BCUT2D eigenvalue weighted by molar-refractivity contribution is 6.30. The molecule has 0 bridgehead atoms. The van der Waals surface area contributed by atoms with Crippen LogP contribution in [0.15, 0.2) is 63.9 Å². The molecule has 4 rings (SSSR count). The van der Waals surface area contributed by atoms with Crippen LogP contribution in [0.4, 0.5) is 5.69 Å². The summed E-state index contributed by atoms with van der Waals surface area (Å²) >= 11 is 6.05. The summed E-state index contributed by atoms with van der Waals surface area (Å²) in [7, 11) is 0. The van der Waals surface area contributed by atoms with Crippen molar-refractivity contribution in [1.82, 2.24) is 14.7 Å². The fraction of sp³-hybridized carbons (Fsp3) is 0.192. The lowest BCUT2D eigenvalue weighted by molar-refractivity contribution is -0.116. The standard InChI is InChI=1S/C26H23ClN4O5/c1-4-35-26(34)17-8-10-20(11-9-17)28-21(32)14-31-16(3)12-15(2)22(25(31)33)24-29-23(30-36-24)18-6-5-7-19(27)13-18/h5-13H,4,14H2,1-3H3,(H,28,32). The SMILES string of the molecule is CCOC(=O)c1ccc(NC(=O)Cn2c(C)cc(C)c(-c3nc(-c4cccc(Cl)c4)no3)c2=O)cc1. The summed E-state index contributed by atoms with van der Waals surface area (Å²) in [6, 6.07) is 15.1. The van der Waals surface area contributed by atoms with E-state index in [9.17, 15) is 14.4 Å². The minimum absolute atomic E-state index is 0.0520. The maximum absolute atomic E-state index is 13.4. The number of rotatable bonds is 7. The molecular formula is C26H23ClN4O5. The molecule has 0 saturated heterocycles. The number of carbonyl (C=O) groups excluding carboxylic acids is 2. The first-order valence-corrected chi connectivity index (χ1v) is 11.5. The Labute approximate surface area is 211 Å². The molecule has 2 aromatic carbocycles. The second kappa shape index (κ2) is 10.6. The molecule has 0 aliphatic rings. The second-order valence-corrected chi connectivity index (χ2v) is 8.45. The normalized spacial score (nSPS) is 10.8. The number of hydrogen-bond acceptors (Lipinski definition) is 7. The summed E-state index contributed by atoms with van der Waals surface area (Å²) in [4.78, 5) is 42.3. The van der Waals surface area contributed by atoms with Crippen LogP contribution in [0.1, 0.15) is 28.5 Å². The zero-order valence-corrected chi connectivity index (χ0v) is 20.6. The molecule has 0 fully saturated rings. The van der Waals surface area contributed by atoms with Crippen LogP contribution in [-0.2, 0) is 16.1 Å². The Morgan fingerprint density at radius 1 is 1.11 bits per heavy atom. The maximum atomic E-state index is 13.4. The number of pyridine rings is 1. The minimum atomic E-state index is -0.440. The number of hydrogen-bond donors (Lipinski definition) is 1. The highest BCUT2D eigenvalue weighted by Crippen LogP contribution is 2.24. The van der Waals surface area contributed by atoms with Gasteiger partial charge < -0.3 is 19.1 Å². The molecule has 9 nitrogen and oxygen atoms in total. The second-order valence-electron chi connectivity index (χ2n) is 8.01. The molecule has 0 saturated carbocycles. The third-order valence-electron chi connectivity index (χ3n) is 5.41. The first-order valence-electron chi connectivity index (χ1n) is 11.1. The predicted molar refractivity (Wildman–Crippen MR) is 135 cm³/mol. The molecule has 2 aromatic heterocycles. The summed E-state index contributed by atoms with van der Waals surface area (Å²) in [5, 5.41) is 7.24. The van der Waals surface area contributed by atoms with Gasteiger partial charge in [0.05, 0.1) is 12.2 Å². The Balaban J connectivity index is 1.56. The minimum Gasteiger partial charge on any atom is -0.462 e. The van der Waals surface area contributed by atoms with Crippen molar-refractivity contribution in [3.8, 4) is 22.8 Å². The molecule has 4 aromatic rings. The Morgan fingerprint density at radius 3 is 2.56 bits per heavy atom. The first-order chi connectivity index (χ1) is 17.3. The number of amides is 1. The fourth-order valence-corrected chi connectivity index (χ4v) is 3.89. The summed E-state index contributed by atoms with van der Waals surface area (Å²) < 4.78 is 11.7. The highest BCUT2D eigenvalue weighted by atomic mass is 35.5. The zero-order valence-electron chi connectivity index (χ0n) is 19.9. The molecule has 0 unspecified atom stereocenters. The number of benzene rings is 2. The van der Waals surface area contributed by atoms with Gasteiger partial charge in [-0.25, -0.2) is 4.79 Å². The largest absolute Gasteiger partial charge is 0.462 e. The van der Waals surface area contributed by atoms with Crippen molar-refractivity contribution in [3.05, 3.63) is 86.8 Å². The van der Waals surface area contributed by atoms with Crippen molar-refractivity contribution in [2.24, 2.45) is 0 Å². The van der Waals surface area contributed by atoms with E-state index in [1.165, 1.54) is 4.57 Å². The number of nitrogens with zero attached hydrogens (tertiary/aromatic N) is 3. The summed E-state index contributed by atoms with van der Waals surface area (Å²) in [5.41, 5.74) is 2.54. The van der Waals surface area contributed by atoms with Crippen LogP contribution in [0.3, 0.4) is 0 Å². The van der Waals surface area contributed by atoms with Crippen LogP contribution < -0.4 is 10.9 Å². The Bertz CT molecular complexity index is 1490. The molecule has 0 atom stereocenters. The summed E-state index contributed by atoms with van der Waals surface area (Å²) in [5.74, 6) is -0.507. The van der Waals surface area contributed by atoms with Crippen LogP contribution in [0.5, 0.6) is 0 Å². The molecule has 0 aliphatic carbocycles. The first kappa shape index (κ1) is 24.9. The lowest BCUT2D eigenvalue weighted by Gasteiger charge is -2.13. The van der Waals surface area contributed by atoms with E-state index in [4.69, 9.17) is 20.9 Å². The fourth-order valence-electron chi connectivity index (χ4n) is 3.70. The molecule has 2 heterocycles. The van der Waals surface area contributed by atoms with E-state index in [0.717, 1.165) is 0 Å². The molecule has 0 aliphatic heterocycles. The van der Waals surface area contributed by atoms with E-state index in [0.29, 0.717) is 38.9 Å². The monoisotopic (exact) mass is 506 g/mol. The number of carbonyl (C=O) groups is 2. The van der Waals surface area contributed by atoms with Crippen molar-refractivity contribution in [2.75, 3.05) is 11.9 Å². The van der Waals surface area contributed by atoms with Crippen molar-refractivity contribution >= 4 is 29.2 Å². The molecule has 36 heavy (non-hydrogen) atoms. The van der Waals surface area contributed by atoms with Gasteiger partial charge in [-0.2, -0.15) is 4.98 Å². The van der Waals surface area contributed by atoms with Gasteiger partial charge in [0.25, 0.3) is 11.4 Å². The average Bonchev–Trinajstić information content (AvgIpc) is 3.32. The van der Waals surface area contributed by atoms with E-state index in [-0.39, 0.29) is 24.6 Å². The van der Waals surface area contributed by atoms with Gasteiger partial charge in [0, 0.05) is 22.0 Å². The van der Waals surface area contributed by atoms with E-state index < -0.39 is 17.4 Å². The van der Waals surface area contributed by atoms with Gasteiger partial charge in [-0.3, -0.25) is 9.59 Å². The Morgan fingerprint density at radius 2 is 1.86 bits per heavy atom. The smallest absolute Gasteiger partial charge is 0.338 e. The number of halogens is 1. The van der Waals surface area contributed by atoms with Gasteiger partial charge in [-0.1, -0.05) is 28.9 Å². The number of aromatic nitrogens is 3. The van der Waals surface area contributed by atoms with Crippen LogP contribution >= 0.6 is 11.6 Å². The number of ether oxygens (including phenoxy) is 1. The quantitative estimate of drug-likeness (QED) is 0.362. The predicted octanol–water partition coefficient (Wildman–Crippen LogP) is 4.65. The average molecular weight is 507 g/mol. The van der Waals surface area contributed by atoms with Gasteiger partial charge >= 0.3 is 5.97 Å². The summed E-state index contributed by atoms with van der Waals surface area (Å²) in [6.45, 7) is 5.28. The van der Waals surface area contributed by atoms with Crippen molar-refractivity contribution in [3.63, 3.8) is 0 Å². The van der Waals surface area contributed by atoms with Crippen molar-refractivity contribution < 1.29 is 18.8 Å². The van der Waals surface area contributed by atoms with Gasteiger partial charge in [-0.05, 0) is 68.8 Å². The van der Waals surface area contributed by atoms with E-state index in [1.807, 2.05) is 0 Å². The molecule has 0 radical (unpaired) electrons. The number of esters is 1. The Kier molecular flexibility index (Phi) is 7.30. The van der Waals surface area contributed by atoms with Crippen LogP contribution in [0, 0.1) is 13.8 Å². The zero-order chi connectivity index (χ0) is 25.8. The van der Waals surface area contributed by atoms with Gasteiger partial charge in [0.2, 0.25) is 11.7 Å². The third-order valence-corrected chi connectivity index (χ3v) is 5.64.